The minimum absolute atomic E-state index is 0.0983. The molecular weight excluding hydrogens is 308 g/mol. The molecule has 3 N–H and O–H groups in total. The number of halogens is 1. The fourth-order valence-corrected chi connectivity index (χ4v) is 2.49. The number of nitrogens with one attached hydrogen (secondary N) is 1. The van der Waals surface area contributed by atoms with Crippen molar-refractivity contribution in [2.75, 3.05) is 17.6 Å². The molecule has 6 heteroatoms. The summed E-state index contributed by atoms with van der Waals surface area (Å²) in [4.78, 5) is 8.32. The number of ether oxygens (including phenoxy) is 1. The van der Waals surface area contributed by atoms with Crippen LogP contribution in [0.2, 0.25) is 0 Å². The lowest BCUT2D eigenvalue weighted by Gasteiger charge is -2.12. The third kappa shape index (κ3) is 2.78. The Hall–Kier alpha value is -1.82. The van der Waals surface area contributed by atoms with E-state index in [1.165, 1.54) is 5.56 Å². The number of aromatic nitrogens is 2. The zero-order chi connectivity index (χ0) is 13.2. The first-order chi connectivity index (χ1) is 9.20. The molecule has 5 nitrogen and oxygen atoms in total. The van der Waals surface area contributed by atoms with Crippen LogP contribution in [-0.2, 0) is 6.42 Å². The Balaban J connectivity index is 1.62. The van der Waals surface area contributed by atoms with Crippen molar-refractivity contribution in [2.45, 2.75) is 12.5 Å². The molecule has 2 aromatic rings. The average Bonchev–Trinajstić information content (AvgIpc) is 2.78. The van der Waals surface area contributed by atoms with Crippen LogP contribution in [0, 0.1) is 0 Å². The second-order valence-corrected chi connectivity index (χ2v) is 5.18. The van der Waals surface area contributed by atoms with Crippen molar-refractivity contribution in [3.8, 4) is 5.75 Å². The van der Waals surface area contributed by atoms with Gasteiger partial charge in [0.25, 0.3) is 0 Å². The molecule has 3 rings (SSSR count). The van der Waals surface area contributed by atoms with Gasteiger partial charge in [0, 0.05) is 12.5 Å². The lowest BCUT2D eigenvalue weighted by atomic mass is 10.1. The van der Waals surface area contributed by atoms with E-state index < -0.39 is 0 Å². The summed E-state index contributed by atoms with van der Waals surface area (Å²) in [5.74, 6) is 1.90. The van der Waals surface area contributed by atoms with Crippen LogP contribution in [0.3, 0.4) is 0 Å². The molecule has 1 aromatic carbocycles. The van der Waals surface area contributed by atoms with Crippen molar-refractivity contribution < 1.29 is 4.74 Å². The van der Waals surface area contributed by atoms with Gasteiger partial charge in [0.05, 0.1) is 6.54 Å². The van der Waals surface area contributed by atoms with Crippen LogP contribution in [0.15, 0.2) is 34.9 Å². The van der Waals surface area contributed by atoms with Crippen LogP contribution >= 0.6 is 15.9 Å². The van der Waals surface area contributed by atoms with Crippen LogP contribution in [0.5, 0.6) is 5.75 Å². The molecular formula is C13H13BrN4O. The van der Waals surface area contributed by atoms with E-state index in [1.807, 2.05) is 18.2 Å². The highest BCUT2D eigenvalue weighted by molar-refractivity contribution is 9.10. The van der Waals surface area contributed by atoms with Gasteiger partial charge in [-0.15, -0.1) is 0 Å². The van der Waals surface area contributed by atoms with Crippen molar-refractivity contribution in [1.82, 2.24) is 9.97 Å². The number of anilines is 2. The molecule has 1 aliphatic rings. The van der Waals surface area contributed by atoms with E-state index in [2.05, 4.69) is 37.3 Å². The van der Waals surface area contributed by atoms with E-state index >= 15 is 0 Å². The van der Waals surface area contributed by atoms with E-state index in [-0.39, 0.29) is 6.10 Å². The summed E-state index contributed by atoms with van der Waals surface area (Å²) in [6, 6.07) is 9.74. The SMILES string of the molecule is Nc1cc(Br)nc(NCC2Cc3ccccc3O2)n1. The Kier molecular flexibility index (Phi) is 3.25. The first kappa shape index (κ1) is 12.2. The van der Waals surface area contributed by atoms with Crippen LogP contribution in [-0.4, -0.2) is 22.6 Å². The van der Waals surface area contributed by atoms with Crippen molar-refractivity contribution in [1.29, 1.82) is 0 Å². The minimum atomic E-state index is 0.0983. The summed E-state index contributed by atoms with van der Waals surface area (Å²) in [6.45, 7) is 0.643. The first-order valence-corrected chi connectivity index (χ1v) is 6.78. The zero-order valence-electron chi connectivity index (χ0n) is 10.1. The lowest BCUT2D eigenvalue weighted by Crippen LogP contribution is -2.24. The number of nitrogens with zero attached hydrogens (tertiary/aromatic N) is 2. The third-order valence-corrected chi connectivity index (χ3v) is 3.32. The molecule has 0 spiro atoms. The molecule has 0 amide bonds. The number of hydrogen-bond donors (Lipinski definition) is 2. The maximum atomic E-state index is 5.83. The molecule has 2 heterocycles. The van der Waals surface area contributed by atoms with Crippen LogP contribution in [0.4, 0.5) is 11.8 Å². The number of nitrogens with two attached hydrogens (primary N) is 1. The fourth-order valence-electron chi connectivity index (χ4n) is 2.09. The normalized spacial score (nSPS) is 16.8. The van der Waals surface area contributed by atoms with Gasteiger partial charge >= 0.3 is 0 Å². The second kappa shape index (κ2) is 5.05. The quantitative estimate of drug-likeness (QED) is 0.848. The molecule has 1 atom stereocenters. The summed E-state index contributed by atoms with van der Waals surface area (Å²) < 4.78 is 6.49. The van der Waals surface area contributed by atoms with E-state index in [4.69, 9.17) is 10.5 Å². The lowest BCUT2D eigenvalue weighted by molar-refractivity contribution is 0.246. The number of benzene rings is 1. The molecule has 0 fully saturated rings. The highest BCUT2D eigenvalue weighted by atomic mass is 79.9. The van der Waals surface area contributed by atoms with Gasteiger partial charge in [-0.25, -0.2) is 4.98 Å². The van der Waals surface area contributed by atoms with Crippen molar-refractivity contribution in [2.24, 2.45) is 0 Å². The van der Waals surface area contributed by atoms with Gasteiger partial charge in [-0.3, -0.25) is 0 Å². The van der Waals surface area contributed by atoms with Gasteiger partial charge in [0.2, 0.25) is 5.95 Å². The molecule has 1 aromatic heterocycles. The van der Waals surface area contributed by atoms with Gasteiger partial charge in [-0.05, 0) is 27.6 Å². The highest BCUT2D eigenvalue weighted by Crippen LogP contribution is 2.28. The van der Waals surface area contributed by atoms with Crippen molar-refractivity contribution in [3.05, 3.63) is 40.5 Å². The molecule has 19 heavy (non-hydrogen) atoms. The molecule has 98 valence electrons. The fraction of sp³-hybridized carbons (Fsp3) is 0.231. The van der Waals surface area contributed by atoms with Gasteiger partial charge in [0.15, 0.2) is 0 Å². The Morgan fingerprint density at radius 2 is 2.21 bits per heavy atom. The standard InChI is InChI=1S/C13H13BrN4O/c14-11-6-12(15)18-13(17-11)16-7-9-5-8-3-1-2-4-10(8)19-9/h1-4,6,9H,5,7H2,(H3,15,16,17,18). The molecule has 1 unspecified atom stereocenters. The Morgan fingerprint density at radius 1 is 1.37 bits per heavy atom. The molecule has 0 bridgehead atoms. The maximum absolute atomic E-state index is 5.83. The minimum Gasteiger partial charge on any atom is -0.488 e. The summed E-state index contributed by atoms with van der Waals surface area (Å²) in [5, 5.41) is 3.15. The smallest absolute Gasteiger partial charge is 0.225 e. The van der Waals surface area contributed by atoms with Crippen molar-refractivity contribution >= 4 is 27.7 Å². The maximum Gasteiger partial charge on any atom is 0.225 e. The summed E-state index contributed by atoms with van der Waals surface area (Å²) in [6.07, 6.45) is 0.994. The van der Waals surface area contributed by atoms with Gasteiger partial charge < -0.3 is 15.8 Å². The van der Waals surface area contributed by atoms with Crippen LogP contribution in [0.1, 0.15) is 5.56 Å². The predicted molar refractivity (Wildman–Crippen MR) is 77.2 cm³/mol. The third-order valence-electron chi connectivity index (χ3n) is 2.92. The van der Waals surface area contributed by atoms with Gasteiger partial charge in [0.1, 0.15) is 22.3 Å². The number of para-hydroxylation sites is 1. The predicted octanol–water partition coefficient (Wildman–Crippen LogP) is 2.24. The topological polar surface area (TPSA) is 73.1 Å². The number of fused-ring (bicyclic) bond motifs is 1. The van der Waals surface area contributed by atoms with Crippen molar-refractivity contribution in [3.63, 3.8) is 0 Å². The molecule has 0 aliphatic carbocycles. The molecule has 1 aliphatic heterocycles. The Bertz CT molecular complexity index is 560. The van der Waals surface area contributed by atoms with Gasteiger partial charge in [-0.2, -0.15) is 4.98 Å². The van der Waals surface area contributed by atoms with E-state index in [0.717, 1.165) is 12.2 Å². The summed E-state index contributed by atoms with van der Waals surface area (Å²) in [7, 11) is 0. The van der Waals surface area contributed by atoms with E-state index in [9.17, 15) is 0 Å². The highest BCUT2D eigenvalue weighted by Gasteiger charge is 2.22. The van der Waals surface area contributed by atoms with Crippen LogP contribution in [0.25, 0.3) is 0 Å². The van der Waals surface area contributed by atoms with Crippen LogP contribution < -0.4 is 15.8 Å². The largest absolute Gasteiger partial charge is 0.488 e. The average molecular weight is 321 g/mol. The first-order valence-electron chi connectivity index (χ1n) is 5.99. The molecule has 0 radical (unpaired) electrons. The monoisotopic (exact) mass is 320 g/mol. The number of rotatable bonds is 3. The molecule has 0 saturated heterocycles. The summed E-state index contributed by atoms with van der Waals surface area (Å²) in [5.41, 5.74) is 6.90. The number of nitrogen functional groups attached to an aromatic ring is 1. The van der Waals surface area contributed by atoms with Gasteiger partial charge in [-0.1, -0.05) is 18.2 Å². The second-order valence-electron chi connectivity index (χ2n) is 4.37. The summed E-state index contributed by atoms with van der Waals surface area (Å²) >= 11 is 3.29. The van der Waals surface area contributed by atoms with E-state index in [1.54, 1.807) is 6.07 Å². The Labute approximate surface area is 119 Å². The molecule has 0 saturated carbocycles. The Morgan fingerprint density at radius 3 is 3.00 bits per heavy atom. The number of hydrogen-bond acceptors (Lipinski definition) is 5. The zero-order valence-corrected chi connectivity index (χ0v) is 11.7. The van der Waals surface area contributed by atoms with E-state index in [0.29, 0.717) is 22.9 Å².